The fraction of sp³-hybridized carbons (Fsp3) is 0.278. The van der Waals surface area contributed by atoms with Crippen LogP contribution in [0.5, 0.6) is 11.5 Å². The summed E-state index contributed by atoms with van der Waals surface area (Å²) in [7, 11) is -0.930. The van der Waals surface area contributed by atoms with Crippen LogP contribution >= 0.6 is 11.8 Å². The van der Waals surface area contributed by atoms with Gasteiger partial charge in [-0.25, -0.2) is 8.42 Å². The number of anilines is 2. The van der Waals surface area contributed by atoms with Crippen LogP contribution in [-0.4, -0.2) is 40.8 Å². The normalized spacial score (nSPS) is 13.7. The van der Waals surface area contributed by atoms with E-state index in [0.717, 1.165) is 10.6 Å². The van der Waals surface area contributed by atoms with E-state index < -0.39 is 10.0 Å². The summed E-state index contributed by atoms with van der Waals surface area (Å²) < 4.78 is 38.7. The van der Waals surface area contributed by atoms with Gasteiger partial charge in [0.15, 0.2) is 0 Å². The van der Waals surface area contributed by atoms with Crippen molar-refractivity contribution in [2.45, 2.75) is 16.7 Å². The number of amides is 1. The van der Waals surface area contributed by atoms with Gasteiger partial charge in [-0.1, -0.05) is 0 Å². The molecule has 0 spiro atoms. The Morgan fingerprint density at radius 1 is 1.15 bits per heavy atom. The number of nitrogens with zero attached hydrogens (tertiary/aromatic N) is 1. The zero-order chi connectivity index (χ0) is 19.6. The molecule has 0 saturated carbocycles. The minimum absolute atomic E-state index is 0.0693. The molecule has 2 aromatic carbocycles. The van der Waals surface area contributed by atoms with E-state index in [1.54, 1.807) is 40.9 Å². The largest absolute Gasteiger partial charge is 0.497 e. The zero-order valence-corrected chi connectivity index (χ0v) is 16.8. The zero-order valence-electron chi connectivity index (χ0n) is 15.2. The molecule has 27 heavy (non-hydrogen) atoms. The second-order valence-corrected chi connectivity index (χ2v) is 8.64. The first-order valence-electron chi connectivity index (χ1n) is 8.15. The molecule has 1 aliphatic rings. The molecular formula is C18H20N2O5S2. The minimum atomic E-state index is -3.89. The van der Waals surface area contributed by atoms with Gasteiger partial charge in [0, 0.05) is 30.2 Å². The van der Waals surface area contributed by atoms with E-state index in [2.05, 4.69) is 4.72 Å². The molecule has 9 heteroatoms. The lowest BCUT2D eigenvalue weighted by Gasteiger charge is -2.28. The van der Waals surface area contributed by atoms with Gasteiger partial charge in [-0.05, 0) is 30.3 Å². The second kappa shape index (κ2) is 7.69. The van der Waals surface area contributed by atoms with Crippen molar-refractivity contribution in [3.8, 4) is 11.5 Å². The van der Waals surface area contributed by atoms with Crippen molar-refractivity contribution in [1.82, 2.24) is 0 Å². The topological polar surface area (TPSA) is 84.9 Å². The third-order valence-corrected chi connectivity index (χ3v) is 6.54. The lowest BCUT2D eigenvalue weighted by atomic mass is 10.2. The molecule has 3 rings (SSSR count). The molecule has 1 N–H and O–H groups in total. The number of hydrogen-bond acceptors (Lipinski definition) is 6. The first-order valence-corrected chi connectivity index (χ1v) is 10.6. The predicted molar refractivity (Wildman–Crippen MR) is 106 cm³/mol. The first-order chi connectivity index (χ1) is 12.9. The Hall–Kier alpha value is -2.39. The van der Waals surface area contributed by atoms with Crippen LogP contribution in [0.25, 0.3) is 0 Å². The summed E-state index contributed by atoms with van der Waals surface area (Å²) in [4.78, 5) is 14.4. The van der Waals surface area contributed by atoms with Gasteiger partial charge in [0.05, 0.1) is 30.5 Å². The molecule has 0 aliphatic carbocycles. The molecule has 0 unspecified atom stereocenters. The number of methoxy groups -OCH3 is 2. The average Bonchev–Trinajstić information content (AvgIpc) is 2.66. The standard InChI is InChI=1S/C18H20N2O5S2/c1-12(21)20-8-9-26-18-7-5-14(11-16(18)20)27(22,23)19-15-10-13(24-2)4-6-17(15)25-3/h4-7,10-11,19H,8-9H2,1-3H3. The van der Waals surface area contributed by atoms with E-state index in [9.17, 15) is 13.2 Å². The summed E-state index contributed by atoms with van der Waals surface area (Å²) >= 11 is 1.60. The Bertz CT molecular complexity index is 976. The van der Waals surface area contributed by atoms with Crippen molar-refractivity contribution in [3.63, 3.8) is 0 Å². The molecule has 0 fully saturated rings. The highest BCUT2D eigenvalue weighted by atomic mass is 32.2. The van der Waals surface area contributed by atoms with Gasteiger partial charge in [-0.2, -0.15) is 0 Å². The summed E-state index contributed by atoms with van der Waals surface area (Å²) in [6.07, 6.45) is 0. The van der Waals surface area contributed by atoms with E-state index in [-0.39, 0.29) is 16.5 Å². The first kappa shape index (κ1) is 19.4. The molecule has 0 aromatic heterocycles. The van der Waals surface area contributed by atoms with Crippen molar-refractivity contribution < 1.29 is 22.7 Å². The molecule has 1 heterocycles. The molecule has 0 bridgehead atoms. The maximum atomic E-state index is 12.9. The quantitative estimate of drug-likeness (QED) is 0.819. The van der Waals surface area contributed by atoms with Crippen LogP contribution in [0.2, 0.25) is 0 Å². The molecule has 2 aromatic rings. The molecule has 7 nitrogen and oxygen atoms in total. The SMILES string of the molecule is COc1ccc(OC)c(NS(=O)(=O)c2ccc3c(c2)N(C(C)=O)CCS3)c1. The lowest BCUT2D eigenvalue weighted by Crippen LogP contribution is -2.33. The summed E-state index contributed by atoms with van der Waals surface area (Å²) in [5.74, 6) is 1.53. The smallest absolute Gasteiger partial charge is 0.262 e. The Balaban J connectivity index is 1.99. The molecular weight excluding hydrogens is 388 g/mol. The third-order valence-electron chi connectivity index (χ3n) is 4.14. The van der Waals surface area contributed by atoms with Crippen molar-refractivity contribution in [2.24, 2.45) is 0 Å². The van der Waals surface area contributed by atoms with Crippen molar-refractivity contribution in [2.75, 3.05) is 36.1 Å². The summed E-state index contributed by atoms with van der Waals surface area (Å²) in [5, 5.41) is 0. The van der Waals surface area contributed by atoms with E-state index >= 15 is 0 Å². The number of nitrogens with one attached hydrogen (secondary N) is 1. The molecule has 1 amide bonds. The van der Waals surface area contributed by atoms with Crippen LogP contribution in [0, 0.1) is 0 Å². The Kier molecular flexibility index (Phi) is 5.52. The van der Waals surface area contributed by atoms with Gasteiger partial charge in [0.2, 0.25) is 5.91 Å². The average molecular weight is 409 g/mol. The fourth-order valence-corrected chi connectivity index (χ4v) is 4.85. The highest BCUT2D eigenvalue weighted by Gasteiger charge is 2.24. The van der Waals surface area contributed by atoms with Gasteiger partial charge >= 0.3 is 0 Å². The molecule has 144 valence electrons. The summed E-state index contributed by atoms with van der Waals surface area (Å²) in [6, 6.07) is 9.64. The number of ether oxygens (including phenoxy) is 2. The Labute approximate surface area is 162 Å². The maximum Gasteiger partial charge on any atom is 0.262 e. The van der Waals surface area contributed by atoms with Crippen LogP contribution in [0.15, 0.2) is 46.2 Å². The van der Waals surface area contributed by atoms with Crippen LogP contribution in [-0.2, 0) is 14.8 Å². The summed E-state index contributed by atoms with van der Waals surface area (Å²) in [5.41, 5.74) is 0.881. The molecule has 0 saturated heterocycles. The van der Waals surface area contributed by atoms with E-state index in [4.69, 9.17) is 9.47 Å². The van der Waals surface area contributed by atoms with Crippen LogP contribution < -0.4 is 19.1 Å². The molecule has 0 atom stereocenters. The number of rotatable bonds is 5. The number of thioether (sulfide) groups is 1. The summed E-state index contributed by atoms with van der Waals surface area (Å²) in [6.45, 7) is 2.02. The lowest BCUT2D eigenvalue weighted by molar-refractivity contribution is -0.116. The van der Waals surface area contributed by atoms with E-state index in [1.165, 1.54) is 33.3 Å². The Morgan fingerprint density at radius 3 is 2.59 bits per heavy atom. The number of sulfonamides is 1. The van der Waals surface area contributed by atoms with Gasteiger partial charge in [-0.3, -0.25) is 9.52 Å². The van der Waals surface area contributed by atoms with Gasteiger partial charge in [0.1, 0.15) is 11.5 Å². The molecule has 0 radical (unpaired) electrons. The second-order valence-electron chi connectivity index (χ2n) is 5.82. The highest BCUT2D eigenvalue weighted by Crippen LogP contribution is 2.37. The van der Waals surface area contributed by atoms with Crippen molar-refractivity contribution in [1.29, 1.82) is 0 Å². The van der Waals surface area contributed by atoms with Crippen molar-refractivity contribution in [3.05, 3.63) is 36.4 Å². The molecule has 1 aliphatic heterocycles. The van der Waals surface area contributed by atoms with Crippen LogP contribution in [0.4, 0.5) is 11.4 Å². The fourth-order valence-electron chi connectivity index (χ4n) is 2.79. The van der Waals surface area contributed by atoms with Crippen LogP contribution in [0.1, 0.15) is 6.92 Å². The third kappa shape index (κ3) is 3.98. The van der Waals surface area contributed by atoms with Crippen LogP contribution in [0.3, 0.4) is 0 Å². The number of carbonyl (C=O) groups excluding carboxylic acids is 1. The maximum absolute atomic E-state index is 12.9. The van der Waals surface area contributed by atoms with Gasteiger partial charge < -0.3 is 14.4 Å². The van der Waals surface area contributed by atoms with Gasteiger partial charge in [0.25, 0.3) is 10.0 Å². The number of hydrogen-bond donors (Lipinski definition) is 1. The monoisotopic (exact) mass is 408 g/mol. The highest BCUT2D eigenvalue weighted by molar-refractivity contribution is 7.99. The minimum Gasteiger partial charge on any atom is -0.497 e. The van der Waals surface area contributed by atoms with Gasteiger partial charge in [-0.15, -0.1) is 11.8 Å². The number of fused-ring (bicyclic) bond motifs is 1. The number of benzene rings is 2. The van der Waals surface area contributed by atoms with E-state index in [0.29, 0.717) is 23.7 Å². The van der Waals surface area contributed by atoms with E-state index in [1.807, 2.05) is 0 Å². The predicted octanol–water partition coefficient (Wildman–Crippen LogP) is 2.96. The number of carbonyl (C=O) groups is 1. The van der Waals surface area contributed by atoms with Crippen molar-refractivity contribution >= 4 is 39.1 Å². The Morgan fingerprint density at radius 2 is 1.93 bits per heavy atom.